The van der Waals surface area contributed by atoms with Gasteiger partial charge in [-0.3, -0.25) is 5.41 Å². The van der Waals surface area contributed by atoms with E-state index in [1.807, 2.05) is 25.1 Å². The normalized spacial score (nSPS) is 11.1. The van der Waals surface area contributed by atoms with Gasteiger partial charge >= 0.3 is 10.1 Å². The molecule has 3 aromatic carbocycles. The van der Waals surface area contributed by atoms with Crippen LogP contribution in [0.1, 0.15) is 16.7 Å². The second-order valence-corrected chi connectivity index (χ2v) is 8.09. The lowest BCUT2D eigenvalue weighted by atomic mass is 10.1. The van der Waals surface area contributed by atoms with Gasteiger partial charge in [-0.1, -0.05) is 42.5 Å². The van der Waals surface area contributed by atoms with Crippen molar-refractivity contribution in [3.05, 3.63) is 89.5 Å². The van der Waals surface area contributed by atoms with E-state index in [-0.39, 0.29) is 16.5 Å². The molecule has 0 unspecified atom stereocenters. The first kappa shape index (κ1) is 20.4. The van der Waals surface area contributed by atoms with Gasteiger partial charge in [0, 0.05) is 18.1 Å². The number of rotatable bonds is 8. The molecule has 0 aliphatic carbocycles. The lowest BCUT2D eigenvalue weighted by molar-refractivity contribution is 0.320. The number of ether oxygens (including phenoxy) is 1. The summed E-state index contributed by atoms with van der Waals surface area (Å²) in [4.78, 5) is 0.0954. The molecule has 7 heteroatoms. The zero-order chi connectivity index (χ0) is 20.9. The molecule has 29 heavy (non-hydrogen) atoms. The maximum Gasteiger partial charge on any atom is 0.339 e. The molecule has 6 nitrogen and oxygen atoms in total. The molecule has 0 bridgehead atoms. The van der Waals surface area contributed by atoms with Crippen molar-refractivity contribution >= 4 is 16.0 Å². The zero-order valence-electron chi connectivity index (χ0n) is 16.0. The first-order valence-electron chi connectivity index (χ1n) is 9.01. The van der Waals surface area contributed by atoms with Crippen LogP contribution in [0.15, 0.2) is 77.7 Å². The van der Waals surface area contributed by atoms with Crippen molar-refractivity contribution < 1.29 is 17.3 Å². The molecule has 0 radical (unpaired) electrons. The van der Waals surface area contributed by atoms with Crippen LogP contribution in [-0.4, -0.2) is 20.9 Å². The Morgan fingerprint density at radius 3 is 2.28 bits per heavy atom. The van der Waals surface area contributed by atoms with E-state index in [2.05, 4.69) is 0 Å². The fourth-order valence-electron chi connectivity index (χ4n) is 2.75. The van der Waals surface area contributed by atoms with Crippen LogP contribution >= 0.6 is 0 Å². The summed E-state index contributed by atoms with van der Waals surface area (Å²) in [5, 5.41) is 7.41. The van der Waals surface area contributed by atoms with E-state index in [0.29, 0.717) is 24.3 Å². The summed E-state index contributed by atoms with van der Waals surface area (Å²) in [6.07, 6.45) is 0.657. The first-order valence-corrected chi connectivity index (χ1v) is 10.4. The minimum atomic E-state index is -3.90. The van der Waals surface area contributed by atoms with Crippen LogP contribution < -0.4 is 14.7 Å². The van der Waals surface area contributed by atoms with Gasteiger partial charge in [-0.2, -0.15) is 8.42 Å². The largest absolute Gasteiger partial charge is 0.493 e. The number of nitrogens with two attached hydrogens (primary N) is 1. The zero-order valence-corrected chi connectivity index (χ0v) is 16.8. The van der Waals surface area contributed by atoms with Gasteiger partial charge in [0.05, 0.1) is 6.61 Å². The number of nitrogen functional groups attached to an aromatic ring is 1. The smallest absolute Gasteiger partial charge is 0.339 e. The van der Waals surface area contributed by atoms with Crippen molar-refractivity contribution in [1.82, 2.24) is 0 Å². The van der Waals surface area contributed by atoms with E-state index in [9.17, 15) is 8.42 Å². The molecule has 0 amide bonds. The predicted molar refractivity (Wildman–Crippen MR) is 112 cm³/mol. The maximum absolute atomic E-state index is 12.4. The predicted octanol–water partition coefficient (Wildman–Crippen LogP) is 3.67. The van der Waals surface area contributed by atoms with Crippen LogP contribution in [0.5, 0.6) is 11.5 Å². The van der Waals surface area contributed by atoms with Gasteiger partial charge < -0.3 is 14.7 Å². The Kier molecular flexibility index (Phi) is 6.19. The number of aryl methyl sites for hydroxylation is 1. The highest BCUT2D eigenvalue weighted by molar-refractivity contribution is 7.87. The summed E-state index contributed by atoms with van der Waals surface area (Å²) >= 11 is 0. The molecule has 0 spiro atoms. The Balaban J connectivity index is 1.65. The lowest BCUT2D eigenvalue weighted by Crippen LogP contribution is -2.11. The molecular weight excluding hydrogens is 388 g/mol. The number of nitrogens with one attached hydrogen (secondary N) is 1. The molecule has 0 saturated carbocycles. The van der Waals surface area contributed by atoms with Crippen LogP contribution in [-0.2, 0) is 16.5 Å². The molecule has 0 atom stereocenters. The molecule has 0 aliphatic rings. The van der Waals surface area contributed by atoms with Crippen LogP contribution in [0.4, 0.5) is 0 Å². The van der Waals surface area contributed by atoms with Crippen molar-refractivity contribution in [3.8, 4) is 11.5 Å². The molecular formula is C22H22N2O4S. The fourth-order valence-corrected chi connectivity index (χ4v) is 3.68. The van der Waals surface area contributed by atoms with Crippen LogP contribution in [0, 0.1) is 12.3 Å². The van der Waals surface area contributed by atoms with Crippen LogP contribution in [0.2, 0.25) is 0 Å². The van der Waals surface area contributed by atoms with Gasteiger partial charge in [0.25, 0.3) is 0 Å². The van der Waals surface area contributed by atoms with Crippen LogP contribution in [0.3, 0.4) is 0 Å². The Bertz CT molecular complexity index is 1100. The molecule has 0 heterocycles. The van der Waals surface area contributed by atoms with Crippen molar-refractivity contribution in [2.75, 3.05) is 6.61 Å². The second kappa shape index (κ2) is 8.79. The summed E-state index contributed by atoms with van der Waals surface area (Å²) in [5.74, 6) is 0.767. The van der Waals surface area contributed by atoms with E-state index in [4.69, 9.17) is 20.1 Å². The Morgan fingerprint density at radius 2 is 1.62 bits per heavy atom. The average molecular weight is 410 g/mol. The third kappa shape index (κ3) is 5.58. The Hall–Kier alpha value is -3.32. The molecule has 3 rings (SSSR count). The van der Waals surface area contributed by atoms with E-state index in [1.54, 1.807) is 42.5 Å². The summed E-state index contributed by atoms with van der Waals surface area (Å²) in [5.41, 5.74) is 8.00. The lowest BCUT2D eigenvalue weighted by Gasteiger charge is -2.11. The highest BCUT2D eigenvalue weighted by atomic mass is 32.2. The van der Waals surface area contributed by atoms with Crippen molar-refractivity contribution in [2.24, 2.45) is 5.73 Å². The summed E-state index contributed by atoms with van der Waals surface area (Å²) in [6, 6.07) is 20.4. The van der Waals surface area contributed by atoms with Gasteiger partial charge in [0.2, 0.25) is 0 Å². The van der Waals surface area contributed by atoms with Gasteiger partial charge in [-0.25, -0.2) is 0 Å². The van der Waals surface area contributed by atoms with Crippen molar-refractivity contribution in [1.29, 1.82) is 5.41 Å². The average Bonchev–Trinajstić information content (AvgIpc) is 2.68. The van der Waals surface area contributed by atoms with Gasteiger partial charge in [-0.05, 0) is 42.3 Å². The molecule has 150 valence electrons. The summed E-state index contributed by atoms with van der Waals surface area (Å²) < 4.78 is 35.9. The maximum atomic E-state index is 12.4. The van der Waals surface area contributed by atoms with Crippen molar-refractivity contribution in [3.63, 3.8) is 0 Å². The summed E-state index contributed by atoms with van der Waals surface area (Å²) in [6.45, 7) is 2.25. The van der Waals surface area contributed by atoms with E-state index < -0.39 is 10.1 Å². The molecule has 0 fully saturated rings. The third-order valence-corrected chi connectivity index (χ3v) is 5.45. The minimum Gasteiger partial charge on any atom is -0.493 e. The first-order chi connectivity index (χ1) is 13.8. The molecule has 3 aromatic rings. The second-order valence-electron chi connectivity index (χ2n) is 6.54. The number of hydrogen-bond acceptors (Lipinski definition) is 5. The molecule has 0 aliphatic heterocycles. The number of hydrogen-bond donors (Lipinski definition) is 2. The SMILES string of the molecule is Cc1cc(OCCc2ccc(C(=N)N)cc2)cc(OS(=O)(=O)c2ccccc2)c1. The molecule has 0 aromatic heterocycles. The topological polar surface area (TPSA) is 102 Å². The summed E-state index contributed by atoms with van der Waals surface area (Å²) in [7, 11) is -3.90. The standard InChI is InChI=1S/C22H22N2O4S/c1-16-13-19(27-12-11-17-7-9-18(10-8-17)22(23)24)15-20(14-16)28-29(25,26)21-5-3-2-4-6-21/h2-10,13-15H,11-12H2,1H3,(H3,23,24). The van der Waals surface area contributed by atoms with Crippen LogP contribution in [0.25, 0.3) is 0 Å². The monoisotopic (exact) mass is 410 g/mol. The Morgan fingerprint density at radius 1 is 0.966 bits per heavy atom. The third-order valence-electron chi connectivity index (χ3n) is 4.19. The van der Waals surface area contributed by atoms with Gasteiger partial charge in [0.1, 0.15) is 22.2 Å². The molecule has 0 saturated heterocycles. The Labute approximate surface area is 170 Å². The van der Waals surface area contributed by atoms with E-state index in [1.165, 1.54) is 12.1 Å². The number of benzene rings is 3. The van der Waals surface area contributed by atoms with Gasteiger partial charge in [0.15, 0.2) is 0 Å². The highest BCUT2D eigenvalue weighted by Gasteiger charge is 2.16. The molecule has 3 N–H and O–H groups in total. The fraction of sp³-hybridized carbons (Fsp3) is 0.136. The van der Waals surface area contributed by atoms with Crippen molar-refractivity contribution in [2.45, 2.75) is 18.2 Å². The highest BCUT2D eigenvalue weighted by Crippen LogP contribution is 2.26. The number of amidine groups is 1. The minimum absolute atomic E-state index is 0.0329. The van der Waals surface area contributed by atoms with E-state index in [0.717, 1.165) is 11.1 Å². The quantitative estimate of drug-likeness (QED) is 0.335. The van der Waals surface area contributed by atoms with Gasteiger partial charge in [-0.15, -0.1) is 0 Å². The van der Waals surface area contributed by atoms with E-state index >= 15 is 0 Å².